The summed E-state index contributed by atoms with van der Waals surface area (Å²) >= 11 is 0. The lowest BCUT2D eigenvalue weighted by atomic mass is 9.54. The Kier molecular flexibility index (Phi) is 4.67. The van der Waals surface area contributed by atoms with Crippen LogP contribution in [0.3, 0.4) is 0 Å². The smallest absolute Gasteiger partial charge is 0.311 e. The highest BCUT2D eigenvalue weighted by atomic mass is 16.6. The molecule has 0 radical (unpaired) electrons. The average Bonchev–Trinajstić information content (AvgIpc) is 3.24. The maximum absolute atomic E-state index is 12.5. The van der Waals surface area contributed by atoms with Crippen molar-refractivity contribution in [3.05, 3.63) is 24.8 Å². The van der Waals surface area contributed by atoms with Crippen LogP contribution in [0.5, 0.6) is 0 Å². The Morgan fingerprint density at radius 1 is 1.38 bits per heavy atom. The maximum Gasteiger partial charge on any atom is 0.311 e. The molecule has 2 aliphatic carbocycles. The van der Waals surface area contributed by atoms with Gasteiger partial charge in [0.25, 0.3) is 0 Å². The van der Waals surface area contributed by atoms with Gasteiger partial charge in [-0.2, -0.15) is 0 Å². The van der Waals surface area contributed by atoms with Gasteiger partial charge in [0.2, 0.25) is 0 Å². The first kappa shape index (κ1) is 17.7. The number of methoxy groups -OCH3 is 1. The van der Waals surface area contributed by atoms with Gasteiger partial charge in [-0.1, -0.05) is 24.6 Å². The zero-order valence-corrected chi connectivity index (χ0v) is 15.5. The molecule has 24 heavy (non-hydrogen) atoms. The normalized spacial score (nSPS) is 44.5. The number of allylic oxidation sites excluding steroid dienone is 1. The number of fused-ring (bicyclic) bond motifs is 1. The number of rotatable bonds is 5. The van der Waals surface area contributed by atoms with E-state index < -0.39 is 0 Å². The van der Waals surface area contributed by atoms with Gasteiger partial charge in [0.05, 0.1) is 18.6 Å². The van der Waals surface area contributed by atoms with Crippen LogP contribution < -0.4 is 0 Å². The maximum atomic E-state index is 12.5. The molecule has 6 atom stereocenters. The zero-order valence-electron chi connectivity index (χ0n) is 15.5. The van der Waals surface area contributed by atoms with Crippen molar-refractivity contribution < 1.29 is 14.3 Å². The molecule has 0 aromatic rings. The predicted octanol–water partition coefficient (Wildman–Crippen LogP) is 4.67. The molecule has 1 aliphatic heterocycles. The summed E-state index contributed by atoms with van der Waals surface area (Å²) in [4.78, 5) is 12.5. The summed E-state index contributed by atoms with van der Waals surface area (Å²) < 4.78 is 11.0. The molecule has 0 N–H and O–H groups in total. The first-order valence-electron chi connectivity index (χ1n) is 9.43. The van der Waals surface area contributed by atoms with Gasteiger partial charge >= 0.3 is 5.97 Å². The molecule has 134 valence electrons. The van der Waals surface area contributed by atoms with Crippen LogP contribution in [0.4, 0.5) is 0 Å². The largest absolute Gasteiger partial charge is 0.469 e. The predicted molar refractivity (Wildman–Crippen MR) is 95.5 cm³/mol. The molecule has 3 nitrogen and oxygen atoms in total. The molecule has 0 aromatic heterocycles. The minimum atomic E-state index is -0.317. The third-order valence-corrected chi connectivity index (χ3v) is 7.16. The Morgan fingerprint density at radius 2 is 2.12 bits per heavy atom. The van der Waals surface area contributed by atoms with Crippen molar-refractivity contribution in [3.63, 3.8) is 0 Å². The van der Waals surface area contributed by atoms with E-state index in [-0.39, 0.29) is 17.0 Å². The van der Waals surface area contributed by atoms with E-state index in [4.69, 9.17) is 9.47 Å². The Morgan fingerprint density at radius 3 is 2.75 bits per heavy atom. The molecule has 0 amide bonds. The molecule has 3 rings (SSSR count). The Hall–Kier alpha value is -1.09. The van der Waals surface area contributed by atoms with Crippen molar-refractivity contribution in [2.75, 3.05) is 7.11 Å². The fraction of sp³-hybridized carbons (Fsp3) is 0.762. The van der Waals surface area contributed by atoms with Crippen LogP contribution in [-0.2, 0) is 14.3 Å². The van der Waals surface area contributed by atoms with E-state index in [1.54, 1.807) is 0 Å². The standard InChI is InChI=1S/C21H32O3/c1-6-21(4)18(24-21)12-10-15-14(2)9-11-17-16(15)8-7-13-20(17,3)19(22)23-5/h6,15-18H,1-2,7-13H2,3-5H3/t15-,16+,17+,18-,20+,21-/m1/s1. The SMILES string of the molecule is C=C[C@@]1(C)O[C@@H]1CC[C@@H]1C(=C)CC[C@H]2[C@H]1CCC[C@]2(C)C(=O)OC. The van der Waals surface area contributed by atoms with E-state index in [9.17, 15) is 4.79 Å². The third kappa shape index (κ3) is 2.85. The molecular formula is C21H32O3. The number of carbonyl (C=O) groups excluding carboxylic acids is 1. The van der Waals surface area contributed by atoms with Gasteiger partial charge in [0.1, 0.15) is 5.60 Å². The highest BCUT2D eigenvalue weighted by Gasteiger charge is 2.53. The van der Waals surface area contributed by atoms with Crippen molar-refractivity contribution in [2.45, 2.75) is 70.5 Å². The number of hydrogen-bond acceptors (Lipinski definition) is 3. The van der Waals surface area contributed by atoms with Gasteiger partial charge in [-0.15, -0.1) is 6.58 Å². The number of ether oxygens (including phenoxy) is 2. The van der Waals surface area contributed by atoms with Gasteiger partial charge < -0.3 is 9.47 Å². The second-order valence-electron chi connectivity index (χ2n) is 8.45. The lowest BCUT2D eigenvalue weighted by Crippen LogP contribution is -2.47. The number of epoxide rings is 1. The molecule has 3 heteroatoms. The monoisotopic (exact) mass is 332 g/mol. The van der Waals surface area contributed by atoms with Crippen molar-refractivity contribution in [2.24, 2.45) is 23.2 Å². The number of esters is 1. The fourth-order valence-electron chi connectivity index (χ4n) is 5.44. The van der Waals surface area contributed by atoms with E-state index in [2.05, 4.69) is 27.0 Å². The van der Waals surface area contributed by atoms with E-state index in [1.807, 2.05) is 6.08 Å². The van der Waals surface area contributed by atoms with Crippen LogP contribution in [0.2, 0.25) is 0 Å². The minimum absolute atomic E-state index is 0.0202. The Bertz CT molecular complexity index is 539. The summed E-state index contributed by atoms with van der Waals surface area (Å²) in [5.41, 5.74) is 0.941. The van der Waals surface area contributed by atoms with E-state index in [1.165, 1.54) is 19.1 Å². The molecule has 3 fully saturated rings. The van der Waals surface area contributed by atoms with Crippen LogP contribution in [0.1, 0.15) is 58.8 Å². The summed E-state index contributed by atoms with van der Waals surface area (Å²) in [7, 11) is 1.52. The van der Waals surface area contributed by atoms with Crippen LogP contribution in [0, 0.1) is 23.2 Å². The van der Waals surface area contributed by atoms with Crippen LogP contribution in [0.15, 0.2) is 24.8 Å². The second-order valence-corrected chi connectivity index (χ2v) is 8.45. The molecule has 0 bridgehead atoms. The van der Waals surface area contributed by atoms with Gasteiger partial charge in [0, 0.05) is 0 Å². The van der Waals surface area contributed by atoms with Gasteiger partial charge in [-0.05, 0) is 70.1 Å². The van der Waals surface area contributed by atoms with E-state index in [0.29, 0.717) is 23.9 Å². The summed E-state index contributed by atoms with van der Waals surface area (Å²) in [5.74, 6) is 1.50. The average molecular weight is 332 g/mol. The topological polar surface area (TPSA) is 38.8 Å². The summed E-state index contributed by atoms with van der Waals surface area (Å²) in [6.45, 7) is 12.5. The molecule has 1 saturated heterocycles. The zero-order chi connectivity index (χ0) is 17.5. The van der Waals surface area contributed by atoms with Crippen LogP contribution in [-0.4, -0.2) is 24.8 Å². The molecule has 0 unspecified atom stereocenters. The summed E-state index contributed by atoms with van der Waals surface area (Å²) in [6.07, 6.45) is 9.81. The van der Waals surface area contributed by atoms with Crippen molar-refractivity contribution >= 4 is 5.97 Å². The summed E-state index contributed by atoms with van der Waals surface area (Å²) in [6, 6.07) is 0. The highest BCUT2D eigenvalue weighted by Crippen LogP contribution is 2.55. The van der Waals surface area contributed by atoms with Gasteiger partial charge in [-0.3, -0.25) is 4.79 Å². The molecule has 2 saturated carbocycles. The molecule has 3 aliphatic rings. The molecule has 0 spiro atoms. The van der Waals surface area contributed by atoms with Gasteiger partial charge in [0.15, 0.2) is 0 Å². The van der Waals surface area contributed by atoms with Crippen molar-refractivity contribution in [3.8, 4) is 0 Å². The fourth-order valence-corrected chi connectivity index (χ4v) is 5.44. The highest BCUT2D eigenvalue weighted by molar-refractivity contribution is 5.77. The first-order chi connectivity index (χ1) is 11.4. The molecule has 0 aromatic carbocycles. The third-order valence-electron chi connectivity index (χ3n) is 7.16. The molecular weight excluding hydrogens is 300 g/mol. The lowest BCUT2D eigenvalue weighted by Gasteiger charge is -2.50. The molecule has 1 heterocycles. The van der Waals surface area contributed by atoms with Crippen molar-refractivity contribution in [1.82, 2.24) is 0 Å². The minimum Gasteiger partial charge on any atom is -0.469 e. The lowest BCUT2D eigenvalue weighted by molar-refractivity contribution is -0.161. The van der Waals surface area contributed by atoms with Crippen LogP contribution in [0.25, 0.3) is 0 Å². The first-order valence-corrected chi connectivity index (χ1v) is 9.43. The number of carbonyl (C=O) groups is 1. The quantitative estimate of drug-likeness (QED) is 0.417. The Balaban J connectivity index is 1.71. The van der Waals surface area contributed by atoms with Gasteiger partial charge in [-0.25, -0.2) is 0 Å². The summed E-state index contributed by atoms with van der Waals surface area (Å²) in [5, 5.41) is 0. The number of hydrogen-bond donors (Lipinski definition) is 0. The Labute approximate surface area is 146 Å². The second kappa shape index (κ2) is 6.33. The van der Waals surface area contributed by atoms with Crippen molar-refractivity contribution in [1.29, 1.82) is 0 Å². The van der Waals surface area contributed by atoms with E-state index >= 15 is 0 Å². The van der Waals surface area contributed by atoms with E-state index in [0.717, 1.165) is 38.5 Å². The van der Waals surface area contributed by atoms with Crippen LogP contribution >= 0.6 is 0 Å².